The van der Waals surface area contributed by atoms with Gasteiger partial charge in [-0.15, -0.1) is 11.3 Å². The van der Waals surface area contributed by atoms with Crippen molar-refractivity contribution in [3.63, 3.8) is 0 Å². The Morgan fingerprint density at radius 2 is 2.57 bits per heavy atom. The predicted molar refractivity (Wildman–Crippen MR) is 52.6 cm³/mol. The SMILES string of the molecule is Cc1ncc(C(=O)NC/C(N)=N/O)s1. The minimum atomic E-state index is -0.276. The molecule has 1 heterocycles. The molecule has 0 unspecified atom stereocenters. The largest absolute Gasteiger partial charge is 0.409 e. The fraction of sp³-hybridized carbons (Fsp3) is 0.286. The lowest BCUT2D eigenvalue weighted by Crippen LogP contribution is -2.33. The number of nitrogens with zero attached hydrogens (tertiary/aromatic N) is 2. The highest BCUT2D eigenvalue weighted by atomic mass is 32.1. The Kier molecular flexibility index (Phi) is 3.41. The van der Waals surface area contributed by atoms with E-state index in [9.17, 15) is 4.79 Å². The van der Waals surface area contributed by atoms with Gasteiger partial charge in [-0.3, -0.25) is 4.79 Å². The maximum atomic E-state index is 11.3. The molecule has 0 fully saturated rings. The minimum absolute atomic E-state index is 0.0201. The Labute approximate surface area is 84.4 Å². The van der Waals surface area contributed by atoms with E-state index in [1.807, 2.05) is 6.92 Å². The topological polar surface area (TPSA) is 101 Å². The number of nitrogens with one attached hydrogen (secondary N) is 1. The fourth-order valence-corrected chi connectivity index (χ4v) is 1.45. The second kappa shape index (κ2) is 4.56. The minimum Gasteiger partial charge on any atom is -0.409 e. The Morgan fingerprint density at radius 1 is 1.86 bits per heavy atom. The molecule has 0 aliphatic carbocycles. The smallest absolute Gasteiger partial charge is 0.263 e. The van der Waals surface area contributed by atoms with Crippen molar-refractivity contribution in [2.75, 3.05) is 6.54 Å². The van der Waals surface area contributed by atoms with Crippen LogP contribution in [0.4, 0.5) is 0 Å². The van der Waals surface area contributed by atoms with Crippen molar-refractivity contribution in [3.8, 4) is 0 Å². The van der Waals surface area contributed by atoms with E-state index in [-0.39, 0.29) is 18.3 Å². The van der Waals surface area contributed by atoms with Crippen LogP contribution in [0.25, 0.3) is 0 Å². The van der Waals surface area contributed by atoms with Gasteiger partial charge < -0.3 is 16.3 Å². The highest BCUT2D eigenvalue weighted by molar-refractivity contribution is 7.13. The van der Waals surface area contributed by atoms with Gasteiger partial charge in [0.25, 0.3) is 5.91 Å². The maximum absolute atomic E-state index is 11.3. The zero-order chi connectivity index (χ0) is 10.6. The highest BCUT2D eigenvalue weighted by Crippen LogP contribution is 2.10. The van der Waals surface area contributed by atoms with Gasteiger partial charge in [0.15, 0.2) is 5.84 Å². The number of amides is 1. The third-order valence-electron chi connectivity index (χ3n) is 1.40. The second-order valence-electron chi connectivity index (χ2n) is 2.52. The van der Waals surface area contributed by atoms with Crippen LogP contribution in [0.15, 0.2) is 11.4 Å². The number of rotatable bonds is 3. The summed E-state index contributed by atoms with van der Waals surface area (Å²) in [5.41, 5.74) is 5.18. The molecule has 0 aromatic carbocycles. The van der Waals surface area contributed by atoms with Crippen LogP contribution >= 0.6 is 11.3 Å². The normalized spacial score (nSPS) is 11.4. The van der Waals surface area contributed by atoms with Crippen molar-refractivity contribution in [1.29, 1.82) is 0 Å². The molecule has 1 aromatic rings. The summed E-state index contributed by atoms with van der Waals surface area (Å²) in [6, 6.07) is 0. The summed E-state index contributed by atoms with van der Waals surface area (Å²) in [4.78, 5) is 15.8. The van der Waals surface area contributed by atoms with E-state index in [1.54, 1.807) is 0 Å². The number of aryl methyl sites for hydroxylation is 1. The standard InChI is InChI=1S/C7H10N4O2S/c1-4-9-2-5(14-4)7(12)10-3-6(8)11-13/h2,13H,3H2,1H3,(H2,8,11)(H,10,12). The van der Waals surface area contributed by atoms with Crippen molar-refractivity contribution in [2.45, 2.75) is 6.92 Å². The van der Waals surface area contributed by atoms with Crippen LogP contribution < -0.4 is 11.1 Å². The number of nitrogens with two attached hydrogens (primary N) is 1. The van der Waals surface area contributed by atoms with Crippen LogP contribution in [0.1, 0.15) is 14.7 Å². The zero-order valence-corrected chi connectivity index (χ0v) is 8.34. The first kappa shape index (κ1) is 10.5. The molecule has 0 aliphatic rings. The molecule has 4 N–H and O–H groups in total. The highest BCUT2D eigenvalue weighted by Gasteiger charge is 2.08. The number of carbonyl (C=O) groups excluding carboxylic acids is 1. The summed E-state index contributed by atoms with van der Waals surface area (Å²) in [6.07, 6.45) is 1.49. The van der Waals surface area contributed by atoms with Crippen LogP contribution in [0, 0.1) is 6.92 Å². The van der Waals surface area contributed by atoms with Crippen molar-refractivity contribution in [3.05, 3.63) is 16.1 Å². The van der Waals surface area contributed by atoms with Crippen molar-refractivity contribution < 1.29 is 10.0 Å². The van der Waals surface area contributed by atoms with Crippen molar-refractivity contribution >= 4 is 23.1 Å². The first-order valence-electron chi connectivity index (χ1n) is 3.80. The Morgan fingerprint density at radius 3 is 3.07 bits per heavy atom. The molecule has 0 atom stereocenters. The molecule has 0 spiro atoms. The van der Waals surface area contributed by atoms with Gasteiger partial charge >= 0.3 is 0 Å². The summed E-state index contributed by atoms with van der Waals surface area (Å²) >= 11 is 1.29. The maximum Gasteiger partial charge on any atom is 0.263 e. The molecule has 0 saturated heterocycles. The molecule has 0 bridgehead atoms. The van der Waals surface area contributed by atoms with Gasteiger partial charge in [0.05, 0.1) is 17.7 Å². The lowest BCUT2D eigenvalue weighted by molar-refractivity contribution is 0.0963. The van der Waals surface area contributed by atoms with Gasteiger partial charge in [0, 0.05) is 0 Å². The summed E-state index contributed by atoms with van der Waals surface area (Å²) in [5.74, 6) is -0.318. The molecule has 1 rings (SSSR count). The number of hydrogen-bond acceptors (Lipinski definition) is 5. The van der Waals surface area contributed by atoms with E-state index in [2.05, 4.69) is 15.5 Å². The summed E-state index contributed by atoms with van der Waals surface area (Å²) in [6.45, 7) is 1.83. The zero-order valence-electron chi connectivity index (χ0n) is 7.52. The van der Waals surface area contributed by atoms with Gasteiger partial charge in [0.1, 0.15) is 4.88 Å². The number of oxime groups is 1. The summed E-state index contributed by atoms with van der Waals surface area (Å²) < 4.78 is 0. The molecule has 1 amide bonds. The van der Waals surface area contributed by atoms with Gasteiger partial charge in [-0.2, -0.15) is 0 Å². The molecular weight excluding hydrogens is 204 g/mol. The fourth-order valence-electron chi connectivity index (χ4n) is 0.760. The molecule has 0 radical (unpaired) electrons. The first-order chi connectivity index (χ1) is 6.63. The van der Waals surface area contributed by atoms with Crippen LogP contribution in [0.5, 0.6) is 0 Å². The Bertz CT molecular complexity index is 360. The summed E-state index contributed by atoms with van der Waals surface area (Å²) in [5, 5.41) is 14.2. The van der Waals surface area contributed by atoms with E-state index in [4.69, 9.17) is 10.9 Å². The summed E-state index contributed by atoms with van der Waals surface area (Å²) in [7, 11) is 0. The lowest BCUT2D eigenvalue weighted by atomic mass is 10.5. The number of carbonyl (C=O) groups is 1. The number of hydrogen-bond donors (Lipinski definition) is 3. The molecule has 0 aliphatic heterocycles. The van der Waals surface area contributed by atoms with E-state index < -0.39 is 0 Å². The van der Waals surface area contributed by atoms with E-state index >= 15 is 0 Å². The van der Waals surface area contributed by atoms with Crippen LogP contribution in [-0.2, 0) is 0 Å². The van der Waals surface area contributed by atoms with Gasteiger partial charge in [-0.25, -0.2) is 4.98 Å². The molecule has 1 aromatic heterocycles. The number of thiazole rings is 1. The van der Waals surface area contributed by atoms with E-state index in [1.165, 1.54) is 17.5 Å². The molecular formula is C7H10N4O2S. The quantitative estimate of drug-likeness (QED) is 0.284. The third kappa shape index (κ3) is 2.70. The van der Waals surface area contributed by atoms with Crippen molar-refractivity contribution in [1.82, 2.24) is 10.3 Å². The molecule has 7 heteroatoms. The first-order valence-corrected chi connectivity index (χ1v) is 4.62. The van der Waals surface area contributed by atoms with Crippen LogP contribution in [0.3, 0.4) is 0 Å². The Hall–Kier alpha value is -1.63. The molecule has 76 valence electrons. The average Bonchev–Trinajstić information content (AvgIpc) is 2.60. The van der Waals surface area contributed by atoms with E-state index in [0.717, 1.165) is 5.01 Å². The Balaban J connectivity index is 2.51. The van der Waals surface area contributed by atoms with Gasteiger partial charge in [-0.1, -0.05) is 5.16 Å². The molecule has 14 heavy (non-hydrogen) atoms. The molecule has 6 nitrogen and oxygen atoms in total. The predicted octanol–water partition coefficient (Wildman–Crippen LogP) is -0.0723. The second-order valence-corrected chi connectivity index (χ2v) is 3.75. The number of aromatic nitrogens is 1. The lowest BCUT2D eigenvalue weighted by Gasteiger charge is -2.00. The van der Waals surface area contributed by atoms with Crippen LogP contribution in [-0.4, -0.2) is 28.5 Å². The molecule has 0 saturated carbocycles. The van der Waals surface area contributed by atoms with Gasteiger partial charge in [0.2, 0.25) is 0 Å². The monoisotopic (exact) mass is 214 g/mol. The average molecular weight is 214 g/mol. The third-order valence-corrected chi connectivity index (χ3v) is 2.32. The van der Waals surface area contributed by atoms with E-state index in [0.29, 0.717) is 4.88 Å². The van der Waals surface area contributed by atoms with Gasteiger partial charge in [-0.05, 0) is 6.92 Å². The van der Waals surface area contributed by atoms with Crippen LogP contribution in [0.2, 0.25) is 0 Å². The number of amidine groups is 1. The van der Waals surface area contributed by atoms with Crippen molar-refractivity contribution in [2.24, 2.45) is 10.9 Å².